The van der Waals surface area contributed by atoms with Crippen molar-refractivity contribution in [3.8, 4) is 0 Å². The second-order valence-corrected chi connectivity index (χ2v) is 5.88. The van der Waals surface area contributed by atoms with Gasteiger partial charge in [-0.25, -0.2) is 0 Å². The van der Waals surface area contributed by atoms with Crippen molar-refractivity contribution in [3.63, 3.8) is 0 Å². The molecule has 0 spiro atoms. The van der Waals surface area contributed by atoms with Crippen LogP contribution in [0.3, 0.4) is 0 Å². The Morgan fingerprint density at radius 1 is 1.25 bits per heavy atom. The number of rotatable bonds is 5. The highest BCUT2D eigenvalue weighted by Gasteiger charge is 2.49. The van der Waals surface area contributed by atoms with Crippen molar-refractivity contribution in [2.75, 3.05) is 7.05 Å². The molecular weight excluding hydrogens is 254 g/mol. The zero-order valence-electron chi connectivity index (χ0n) is 12.2. The molecule has 20 heavy (non-hydrogen) atoms. The molecule has 1 aromatic carbocycles. The summed E-state index contributed by atoms with van der Waals surface area (Å²) < 4.78 is 0. The zero-order chi connectivity index (χ0) is 14.9. The van der Waals surface area contributed by atoms with Gasteiger partial charge in [0.1, 0.15) is 0 Å². The van der Waals surface area contributed by atoms with E-state index in [9.17, 15) is 9.59 Å². The number of nitrogens with zero attached hydrogens (tertiary/aromatic N) is 1. The smallest absolute Gasteiger partial charge is 0.307 e. The van der Waals surface area contributed by atoms with E-state index in [2.05, 4.69) is 26.0 Å². The molecule has 1 saturated carbocycles. The average Bonchev–Trinajstić information content (AvgIpc) is 3.18. The lowest BCUT2D eigenvalue weighted by Gasteiger charge is -2.17. The van der Waals surface area contributed by atoms with E-state index in [-0.39, 0.29) is 11.8 Å². The van der Waals surface area contributed by atoms with E-state index < -0.39 is 11.9 Å². The Balaban J connectivity index is 1.93. The molecule has 108 valence electrons. The van der Waals surface area contributed by atoms with Crippen LogP contribution in [0.15, 0.2) is 24.3 Å². The SMILES string of the molecule is CC(C)c1ccc(CN(C)C(=O)C2CC2C(=O)O)cc1. The molecule has 4 heteroatoms. The van der Waals surface area contributed by atoms with Crippen molar-refractivity contribution >= 4 is 11.9 Å². The first kappa shape index (κ1) is 14.6. The highest BCUT2D eigenvalue weighted by atomic mass is 16.4. The van der Waals surface area contributed by atoms with Gasteiger partial charge in [-0.05, 0) is 23.5 Å². The van der Waals surface area contributed by atoms with Crippen LogP contribution in [0.2, 0.25) is 0 Å². The highest BCUT2D eigenvalue weighted by Crippen LogP contribution is 2.40. The van der Waals surface area contributed by atoms with Crippen molar-refractivity contribution in [1.82, 2.24) is 4.90 Å². The maximum atomic E-state index is 12.1. The van der Waals surface area contributed by atoms with Crippen LogP contribution in [0.5, 0.6) is 0 Å². The van der Waals surface area contributed by atoms with Crippen LogP contribution in [-0.2, 0) is 16.1 Å². The minimum absolute atomic E-state index is 0.0645. The number of hydrogen-bond donors (Lipinski definition) is 1. The van der Waals surface area contributed by atoms with E-state index in [1.807, 2.05) is 12.1 Å². The van der Waals surface area contributed by atoms with Crippen LogP contribution in [0.1, 0.15) is 37.3 Å². The Kier molecular flexibility index (Phi) is 4.12. The van der Waals surface area contributed by atoms with Gasteiger partial charge in [-0.15, -0.1) is 0 Å². The topological polar surface area (TPSA) is 57.6 Å². The molecule has 1 aromatic rings. The number of amides is 1. The molecule has 1 N–H and O–H groups in total. The van der Waals surface area contributed by atoms with Gasteiger partial charge in [-0.1, -0.05) is 38.1 Å². The van der Waals surface area contributed by atoms with Gasteiger partial charge in [0.2, 0.25) is 5.91 Å². The molecule has 0 saturated heterocycles. The third kappa shape index (κ3) is 3.18. The van der Waals surface area contributed by atoms with Crippen LogP contribution >= 0.6 is 0 Å². The van der Waals surface area contributed by atoms with E-state index in [4.69, 9.17) is 5.11 Å². The van der Waals surface area contributed by atoms with E-state index in [1.54, 1.807) is 11.9 Å². The Morgan fingerprint density at radius 3 is 2.30 bits per heavy atom. The zero-order valence-corrected chi connectivity index (χ0v) is 12.2. The summed E-state index contributed by atoms with van der Waals surface area (Å²) in [5.41, 5.74) is 2.34. The lowest BCUT2D eigenvalue weighted by molar-refractivity contribution is -0.141. The molecule has 2 unspecified atom stereocenters. The number of aliphatic carboxylic acids is 1. The number of carbonyl (C=O) groups excluding carboxylic acids is 1. The summed E-state index contributed by atoms with van der Waals surface area (Å²) >= 11 is 0. The normalized spacial score (nSPS) is 20.8. The quantitative estimate of drug-likeness (QED) is 0.898. The first-order chi connectivity index (χ1) is 9.40. The fourth-order valence-electron chi connectivity index (χ4n) is 2.38. The first-order valence-corrected chi connectivity index (χ1v) is 6.96. The second kappa shape index (κ2) is 5.65. The number of carboxylic acid groups (broad SMARTS) is 1. The van der Waals surface area contributed by atoms with Crippen molar-refractivity contribution in [2.24, 2.45) is 11.8 Å². The van der Waals surface area contributed by atoms with E-state index in [1.165, 1.54) is 5.56 Å². The Bertz CT molecular complexity index is 507. The first-order valence-electron chi connectivity index (χ1n) is 6.96. The predicted octanol–water partition coefficient (Wildman–Crippen LogP) is 2.49. The van der Waals surface area contributed by atoms with Crippen LogP contribution in [0, 0.1) is 11.8 Å². The number of hydrogen-bond acceptors (Lipinski definition) is 2. The lowest BCUT2D eigenvalue weighted by Crippen LogP contribution is -2.28. The molecule has 4 nitrogen and oxygen atoms in total. The molecule has 0 radical (unpaired) electrons. The highest BCUT2D eigenvalue weighted by molar-refractivity contribution is 5.89. The Morgan fingerprint density at radius 2 is 1.85 bits per heavy atom. The molecule has 2 atom stereocenters. The van der Waals surface area contributed by atoms with Crippen molar-refractivity contribution < 1.29 is 14.7 Å². The van der Waals surface area contributed by atoms with Crippen LogP contribution < -0.4 is 0 Å². The molecule has 2 rings (SSSR count). The molecule has 1 aliphatic rings. The van der Waals surface area contributed by atoms with Gasteiger partial charge >= 0.3 is 5.97 Å². The Labute approximate surface area is 119 Å². The summed E-state index contributed by atoms with van der Waals surface area (Å²) in [6.45, 7) is 4.81. The maximum Gasteiger partial charge on any atom is 0.307 e. The third-order valence-corrected chi connectivity index (χ3v) is 3.87. The largest absolute Gasteiger partial charge is 0.481 e. The summed E-state index contributed by atoms with van der Waals surface area (Å²) in [7, 11) is 1.73. The summed E-state index contributed by atoms with van der Waals surface area (Å²) in [6, 6.07) is 8.21. The van der Waals surface area contributed by atoms with Gasteiger partial charge in [0.25, 0.3) is 0 Å². The molecule has 0 aliphatic heterocycles. The summed E-state index contributed by atoms with van der Waals surface area (Å²) in [4.78, 5) is 24.5. The van der Waals surface area contributed by atoms with Crippen molar-refractivity contribution in [2.45, 2.75) is 32.7 Å². The second-order valence-electron chi connectivity index (χ2n) is 5.88. The molecule has 1 aliphatic carbocycles. The van der Waals surface area contributed by atoms with Crippen molar-refractivity contribution in [3.05, 3.63) is 35.4 Å². The molecule has 1 amide bonds. The number of carbonyl (C=O) groups is 2. The van der Waals surface area contributed by atoms with Crippen LogP contribution in [0.4, 0.5) is 0 Å². The summed E-state index contributed by atoms with van der Waals surface area (Å²) in [6.07, 6.45) is 0.477. The molecular formula is C16H21NO3. The minimum atomic E-state index is -0.863. The summed E-state index contributed by atoms with van der Waals surface area (Å²) in [5, 5.41) is 8.86. The van der Waals surface area contributed by atoms with Gasteiger partial charge < -0.3 is 10.0 Å². The fraction of sp³-hybridized carbons (Fsp3) is 0.500. The molecule has 0 bridgehead atoms. The van der Waals surface area contributed by atoms with Gasteiger partial charge in [0.15, 0.2) is 0 Å². The monoisotopic (exact) mass is 275 g/mol. The number of carboxylic acids is 1. The Hall–Kier alpha value is -1.84. The van der Waals surface area contributed by atoms with Crippen molar-refractivity contribution in [1.29, 1.82) is 0 Å². The van der Waals surface area contributed by atoms with Gasteiger partial charge in [-0.3, -0.25) is 9.59 Å². The average molecular weight is 275 g/mol. The minimum Gasteiger partial charge on any atom is -0.481 e. The maximum absolute atomic E-state index is 12.1. The van der Waals surface area contributed by atoms with Gasteiger partial charge in [0.05, 0.1) is 11.8 Å². The molecule has 1 fully saturated rings. The van der Waals surface area contributed by atoms with Gasteiger partial charge in [-0.2, -0.15) is 0 Å². The number of benzene rings is 1. The summed E-state index contributed by atoms with van der Waals surface area (Å²) in [5.74, 6) is -1.24. The molecule has 0 aromatic heterocycles. The van der Waals surface area contributed by atoms with E-state index in [0.29, 0.717) is 18.9 Å². The van der Waals surface area contributed by atoms with Gasteiger partial charge in [0, 0.05) is 13.6 Å². The molecule has 0 heterocycles. The third-order valence-electron chi connectivity index (χ3n) is 3.87. The van der Waals surface area contributed by atoms with Crippen LogP contribution in [-0.4, -0.2) is 28.9 Å². The van der Waals surface area contributed by atoms with E-state index >= 15 is 0 Å². The standard InChI is InChI=1S/C16H21NO3/c1-10(2)12-6-4-11(5-7-12)9-17(3)15(18)13-8-14(13)16(19)20/h4-7,10,13-14H,8-9H2,1-3H3,(H,19,20). The predicted molar refractivity (Wildman–Crippen MR) is 76.2 cm³/mol. The van der Waals surface area contributed by atoms with E-state index in [0.717, 1.165) is 5.56 Å². The lowest BCUT2D eigenvalue weighted by atomic mass is 10.0. The fourth-order valence-corrected chi connectivity index (χ4v) is 2.38. The van der Waals surface area contributed by atoms with Crippen LogP contribution in [0.25, 0.3) is 0 Å².